The molecule has 1 aliphatic heterocycles. The fraction of sp³-hybridized carbons (Fsp3) is 0.382. The van der Waals surface area contributed by atoms with Crippen molar-refractivity contribution in [3.05, 3.63) is 81.4 Å². The molecule has 2 aromatic carbocycles. The molecule has 2 amide bonds. The molecule has 4 heterocycles. The zero-order valence-electron chi connectivity index (χ0n) is 27.5. The molecule has 15 heteroatoms. The van der Waals surface area contributed by atoms with E-state index in [0.29, 0.717) is 69.1 Å². The third-order valence-corrected chi connectivity index (χ3v) is 9.46. The number of carbonyl (C=O) groups is 2. The number of carbonyl (C=O) groups excluding carboxylic acids is 2. The van der Waals surface area contributed by atoms with Gasteiger partial charge in [0.15, 0.2) is 11.2 Å². The van der Waals surface area contributed by atoms with Crippen LogP contribution >= 0.6 is 34.5 Å². The smallest absolute Gasteiger partial charge is 0.410 e. The van der Waals surface area contributed by atoms with Crippen LogP contribution in [-0.2, 0) is 33.7 Å². The van der Waals surface area contributed by atoms with E-state index < -0.39 is 23.7 Å². The Labute approximate surface area is 296 Å². The molecule has 0 fully saturated rings. The van der Waals surface area contributed by atoms with Crippen LogP contribution in [0.3, 0.4) is 0 Å². The monoisotopic (exact) mass is 727 g/mol. The Morgan fingerprint density at radius 1 is 1.18 bits per heavy atom. The van der Waals surface area contributed by atoms with Crippen molar-refractivity contribution >= 4 is 62.6 Å². The molecule has 258 valence electrons. The Morgan fingerprint density at radius 3 is 2.65 bits per heavy atom. The second-order valence-electron chi connectivity index (χ2n) is 12.8. The summed E-state index contributed by atoms with van der Waals surface area (Å²) in [6, 6.07) is 8.57. The number of benzene rings is 2. The highest BCUT2D eigenvalue weighted by Gasteiger charge is 2.34. The normalized spacial score (nSPS) is 15.0. The van der Waals surface area contributed by atoms with E-state index in [2.05, 4.69) is 15.3 Å². The molecule has 0 saturated carbocycles. The molecular weight excluding hydrogens is 692 g/mol. The van der Waals surface area contributed by atoms with E-state index in [9.17, 15) is 14.0 Å². The first-order valence-corrected chi connectivity index (χ1v) is 17.4. The number of nitrogens with zero attached hydrogens (tertiary/aromatic N) is 6. The molecule has 0 spiro atoms. The van der Waals surface area contributed by atoms with E-state index in [4.69, 9.17) is 37.8 Å². The van der Waals surface area contributed by atoms with Crippen molar-refractivity contribution in [2.75, 3.05) is 32.1 Å². The summed E-state index contributed by atoms with van der Waals surface area (Å²) < 4.78 is 28.3. The first-order chi connectivity index (χ1) is 23.4. The van der Waals surface area contributed by atoms with Crippen LogP contribution in [0.25, 0.3) is 22.0 Å². The number of thiazole rings is 1. The van der Waals surface area contributed by atoms with Gasteiger partial charge in [-0.15, -0.1) is 11.3 Å². The highest BCUT2D eigenvalue weighted by Crippen LogP contribution is 2.39. The average Bonchev–Trinajstić information content (AvgIpc) is 3.85. The maximum atomic E-state index is 14.4. The number of alkyl halides is 1. The number of hydrogen-bond acceptors (Lipinski definition) is 8. The van der Waals surface area contributed by atoms with E-state index in [1.54, 1.807) is 46.7 Å². The minimum Gasteiger partial charge on any atom is -0.444 e. The van der Waals surface area contributed by atoms with Crippen molar-refractivity contribution in [3.63, 3.8) is 0 Å². The maximum absolute atomic E-state index is 14.4. The summed E-state index contributed by atoms with van der Waals surface area (Å²) in [5, 5.41) is 11.1. The largest absolute Gasteiger partial charge is 0.444 e. The summed E-state index contributed by atoms with van der Waals surface area (Å²) in [6.07, 6.45) is 4.10. The molecule has 1 unspecified atom stereocenters. The van der Waals surface area contributed by atoms with Crippen LogP contribution < -0.4 is 5.32 Å². The lowest BCUT2D eigenvalue weighted by Crippen LogP contribution is -2.39. The Bertz CT molecular complexity index is 1960. The van der Waals surface area contributed by atoms with Crippen molar-refractivity contribution in [2.24, 2.45) is 0 Å². The van der Waals surface area contributed by atoms with Crippen LogP contribution in [0.1, 0.15) is 43.8 Å². The number of halogens is 3. The van der Waals surface area contributed by atoms with Crippen LogP contribution in [0, 0.1) is 0 Å². The number of fused-ring (bicyclic) bond motifs is 2. The molecule has 11 nitrogen and oxygen atoms in total. The Morgan fingerprint density at radius 2 is 1.96 bits per heavy atom. The van der Waals surface area contributed by atoms with Crippen molar-refractivity contribution in [2.45, 2.75) is 58.0 Å². The minimum absolute atomic E-state index is 0.144. The van der Waals surface area contributed by atoms with Gasteiger partial charge < -0.3 is 18.9 Å². The number of aromatic nitrogens is 5. The first-order valence-electron chi connectivity index (χ1n) is 15.7. The number of methoxy groups -OCH3 is 1. The van der Waals surface area contributed by atoms with Gasteiger partial charge in [-0.2, -0.15) is 5.10 Å². The van der Waals surface area contributed by atoms with Crippen LogP contribution in [-0.4, -0.2) is 79.8 Å². The molecule has 1 N–H and O–H groups in total. The SMILES string of the molecule is COCCN(CCc1ccc(-c2cc(Cl)c3cn(C(C(=O)Nc4nccs4)c4ncn5c4C[C@@H](F)C5)nc3c2Cl)cc1)C(=O)OC(C)(C)C. The van der Waals surface area contributed by atoms with Gasteiger partial charge in [-0.1, -0.05) is 47.5 Å². The lowest BCUT2D eigenvalue weighted by molar-refractivity contribution is -0.118. The Hall–Kier alpha value is -4.04. The zero-order chi connectivity index (χ0) is 34.9. The predicted octanol–water partition coefficient (Wildman–Crippen LogP) is 7.21. The fourth-order valence-electron chi connectivity index (χ4n) is 5.75. The number of nitrogens with one attached hydrogen (secondary N) is 1. The topological polar surface area (TPSA) is 116 Å². The van der Waals surface area contributed by atoms with E-state index in [1.165, 1.54) is 16.0 Å². The van der Waals surface area contributed by atoms with Crippen LogP contribution in [0.2, 0.25) is 10.0 Å². The maximum Gasteiger partial charge on any atom is 0.410 e. The van der Waals surface area contributed by atoms with Gasteiger partial charge >= 0.3 is 6.09 Å². The summed E-state index contributed by atoms with van der Waals surface area (Å²) in [7, 11) is 1.59. The molecule has 3 aromatic heterocycles. The molecule has 0 radical (unpaired) electrons. The highest BCUT2D eigenvalue weighted by molar-refractivity contribution is 7.13. The van der Waals surface area contributed by atoms with Crippen LogP contribution in [0.5, 0.6) is 0 Å². The van der Waals surface area contributed by atoms with Crippen molar-refractivity contribution < 1.29 is 23.5 Å². The molecule has 6 rings (SSSR count). The molecule has 2 atom stereocenters. The first kappa shape index (κ1) is 34.8. The van der Waals surface area contributed by atoms with Gasteiger partial charge in [0.05, 0.1) is 35.2 Å². The Kier molecular flexibility index (Phi) is 10.3. The summed E-state index contributed by atoms with van der Waals surface area (Å²) >= 11 is 15.1. The quantitative estimate of drug-likeness (QED) is 0.153. The van der Waals surface area contributed by atoms with E-state index in [-0.39, 0.29) is 19.1 Å². The molecule has 0 bridgehead atoms. The molecule has 1 aliphatic rings. The second-order valence-corrected chi connectivity index (χ2v) is 14.4. The standard InChI is InChI=1S/C34H36Cl2FN7O4S/c1-34(2,3)48-33(46)42(12-13-47-4)11-9-20-5-7-21(8-6-20)23-16-25(35)24-18-44(41-28(24)27(23)36)30(31(45)40-32-38-10-14-49-32)29-26-15-22(37)17-43(26)19-39-29/h5-8,10,14,16,18-19,22,30H,9,11-13,15,17H2,1-4H3,(H,38,40,45)/t22-,30?/m1/s1. The molecule has 49 heavy (non-hydrogen) atoms. The van der Waals surface area contributed by atoms with Gasteiger partial charge in [0.2, 0.25) is 0 Å². The number of imidazole rings is 1. The van der Waals surface area contributed by atoms with Crippen LogP contribution in [0.4, 0.5) is 14.3 Å². The number of hydrogen-bond donors (Lipinski definition) is 1. The average molecular weight is 729 g/mol. The van der Waals surface area contributed by atoms with Gasteiger partial charge in [-0.05, 0) is 44.4 Å². The molecule has 0 aliphatic carbocycles. The van der Waals surface area contributed by atoms with Gasteiger partial charge in [-0.3, -0.25) is 14.8 Å². The lowest BCUT2D eigenvalue weighted by atomic mass is 10.0. The van der Waals surface area contributed by atoms with Crippen LogP contribution in [0.15, 0.2) is 54.4 Å². The van der Waals surface area contributed by atoms with Gasteiger partial charge in [-0.25, -0.2) is 19.2 Å². The number of amides is 2. The molecule has 0 saturated heterocycles. The number of ether oxygens (including phenoxy) is 2. The van der Waals surface area contributed by atoms with Crippen molar-refractivity contribution in [1.82, 2.24) is 29.2 Å². The van der Waals surface area contributed by atoms with E-state index >= 15 is 0 Å². The summed E-state index contributed by atoms with van der Waals surface area (Å²) in [5.74, 6) is -0.429. The summed E-state index contributed by atoms with van der Waals surface area (Å²) in [4.78, 5) is 36.8. The third-order valence-electron chi connectivity index (χ3n) is 8.08. The predicted molar refractivity (Wildman–Crippen MR) is 188 cm³/mol. The second kappa shape index (κ2) is 14.4. The minimum atomic E-state index is -1.06. The summed E-state index contributed by atoms with van der Waals surface area (Å²) in [6.45, 7) is 6.96. The van der Waals surface area contributed by atoms with Crippen molar-refractivity contribution in [3.8, 4) is 11.1 Å². The highest BCUT2D eigenvalue weighted by atomic mass is 35.5. The van der Waals surface area contributed by atoms with Gasteiger partial charge in [0.25, 0.3) is 5.91 Å². The Balaban J connectivity index is 1.27. The van der Waals surface area contributed by atoms with Gasteiger partial charge in [0, 0.05) is 61.0 Å². The third kappa shape index (κ3) is 7.75. The van der Waals surface area contributed by atoms with E-state index in [1.807, 2.05) is 45.0 Å². The number of rotatable bonds is 11. The number of anilines is 1. The van der Waals surface area contributed by atoms with Gasteiger partial charge in [0.1, 0.15) is 17.3 Å². The molecule has 5 aromatic rings. The molecular formula is C34H36Cl2FN7O4S. The van der Waals surface area contributed by atoms with Crippen molar-refractivity contribution in [1.29, 1.82) is 0 Å². The zero-order valence-corrected chi connectivity index (χ0v) is 29.8. The lowest BCUT2D eigenvalue weighted by Gasteiger charge is -2.27. The fourth-order valence-corrected chi connectivity index (χ4v) is 6.83. The van der Waals surface area contributed by atoms with E-state index in [0.717, 1.165) is 11.1 Å². The summed E-state index contributed by atoms with van der Waals surface area (Å²) in [5.41, 5.74) is 3.34.